The zero-order valence-corrected chi connectivity index (χ0v) is 8.78. The summed E-state index contributed by atoms with van der Waals surface area (Å²) in [4.78, 5) is 10.3. The molecule has 0 aliphatic carbocycles. The second-order valence-electron chi connectivity index (χ2n) is 2.78. The Balaban J connectivity index is 2.60. The third kappa shape index (κ3) is 4.51. The molecule has 0 saturated carbocycles. The van der Waals surface area contributed by atoms with Crippen molar-refractivity contribution >= 4 is 23.6 Å². The predicted molar refractivity (Wildman–Crippen MR) is 59.3 cm³/mol. The number of carboxylic acids is 1. The van der Waals surface area contributed by atoms with Gasteiger partial charge in [-0.1, -0.05) is 12.1 Å². The molecule has 0 aliphatic rings. The molecule has 1 aromatic rings. The second-order valence-corrected chi connectivity index (χ2v) is 3.16. The fourth-order valence-electron chi connectivity index (χ4n) is 0.999. The molecule has 0 aliphatic heterocycles. The first kappa shape index (κ1) is 11.6. The number of ether oxygens (including phenoxy) is 1. The van der Waals surface area contributed by atoms with Gasteiger partial charge in [-0.2, -0.15) is 0 Å². The monoisotopic (exact) mass is 226 g/mol. The third-order valence-corrected chi connectivity index (χ3v) is 1.80. The van der Waals surface area contributed by atoms with Gasteiger partial charge >= 0.3 is 5.97 Å². The number of carboxylic acid groups (broad SMARTS) is 1. The van der Waals surface area contributed by atoms with Crippen molar-refractivity contribution in [3.05, 3.63) is 35.9 Å². The summed E-state index contributed by atoms with van der Waals surface area (Å²) in [6.45, 7) is 0.464. The lowest BCUT2D eigenvalue weighted by atomic mass is 10.2. The molecule has 0 atom stereocenters. The van der Waals surface area contributed by atoms with Crippen molar-refractivity contribution in [1.29, 1.82) is 0 Å². The van der Waals surface area contributed by atoms with E-state index in [4.69, 9.17) is 21.4 Å². The van der Waals surface area contributed by atoms with Crippen molar-refractivity contribution in [1.82, 2.24) is 0 Å². The average molecular weight is 227 g/mol. The summed E-state index contributed by atoms with van der Waals surface area (Å²) in [5, 5.41) is 8.42. The minimum absolute atomic E-state index is 0.445. The molecule has 1 aromatic carbocycles. The van der Waals surface area contributed by atoms with Gasteiger partial charge in [0.2, 0.25) is 0 Å². The Morgan fingerprint density at radius 3 is 2.60 bits per heavy atom. The predicted octanol–water partition coefficient (Wildman–Crippen LogP) is 2.40. The van der Waals surface area contributed by atoms with Crippen molar-refractivity contribution in [2.45, 2.75) is 0 Å². The lowest BCUT2D eigenvalue weighted by molar-refractivity contribution is -0.131. The Hall–Kier alpha value is -1.48. The first-order valence-corrected chi connectivity index (χ1v) is 4.95. The van der Waals surface area contributed by atoms with E-state index in [-0.39, 0.29) is 0 Å². The van der Waals surface area contributed by atoms with Crippen LogP contribution in [-0.2, 0) is 4.79 Å². The highest BCUT2D eigenvalue weighted by molar-refractivity contribution is 6.18. The number of carbonyl (C=O) groups is 1. The van der Waals surface area contributed by atoms with Crippen molar-refractivity contribution in [3.8, 4) is 5.75 Å². The van der Waals surface area contributed by atoms with Gasteiger partial charge in [0.05, 0.1) is 5.88 Å². The van der Waals surface area contributed by atoms with Crippen LogP contribution < -0.4 is 4.74 Å². The highest BCUT2D eigenvalue weighted by Crippen LogP contribution is 2.13. The molecule has 15 heavy (non-hydrogen) atoms. The number of halogens is 1. The Bertz CT molecular complexity index is 343. The van der Waals surface area contributed by atoms with Gasteiger partial charge in [0, 0.05) is 6.08 Å². The fraction of sp³-hybridized carbons (Fsp3) is 0.182. The zero-order chi connectivity index (χ0) is 11.1. The minimum Gasteiger partial charge on any atom is -0.492 e. The molecule has 0 bridgehead atoms. The molecular formula is C11H11ClO3. The van der Waals surface area contributed by atoms with Crippen LogP contribution in [0.25, 0.3) is 6.08 Å². The van der Waals surface area contributed by atoms with Crippen LogP contribution in [0.1, 0.15) is 5.56 Å². The fourth-order valence-corrected chi connectivity index (χ4v) is 1.08. The Morgan fingerprint density at radius 1 is 1.40 bits per heavy atom. The summed E-state index contributed by atoms with van der Waals surface area (Å²) >= 11 is 5.47. The van der Waals surface area contributed by atoms with Gasteiger partial charge in [-0.15, -0.1) is 11.6 Å². The highest BCUT2D eigenvalue weighted by atomic mass is 35.5. The van der Waals surface area contributed by atoms with E-state index in [9.17, 15) is 4.79 Å². The molecule has 0 heterocycles. The first-order chi connectivity index (χ1) is 7.22. The zero-order valence-electron chi connectivity index (χ0n) is 8.02. The molecule has 0 unspecified atom stereocenters. The van der Waals surface area contributed by atoms with Crippen LogP contribution in [0.15, 0.2) is 30.3 Å². The molecule has 0 amide bonds. The second kappa shape index (κ2) is 6.09. The standard InChI is InChI=1S/C11H11ClO3/c12-7-8-15-10-4-1-9(2-5-10)3-6-11(13)14/h1-6H,7-8H2,(H,13,14)/b6-3+. The van der Waals surface area contributed by atoms with Crippen molar-refractivity contribution in [2.24, 2.45) is 0 Å². The van der Waals surface area contributed by atoms with Gasteiger partial charge in [-0.3, -0.25) is 0 Å². The van der Waals surface area contributed by atoms with Crippen LogP contribution in [0, 0.1) is 0 Å². The van der Waals surface area contributed by atoms with Crippen LogP contribution in [0.4, 0.5) is 0 Å². The van der Waals surface area contributed by atoms with Crippen LogP contribution >= 0.6 is 11.6 Å². The first-order valence-electron chi connectivity index (χ1n) is 4.42. The Morgan fingerprint density at radius 2 is 2.07 bits per heavy atom. The molecule has 3 nitrogen and oxygen atoms in total. The highest BCUT2D eigenvalue weighted by Gasteiger charge is 1.93. The van der Waals surface area contributed by atoms with E-state index < -0.39 is 5.97 Å². The van der Waals surface area contributed by atoms with Gasteiger partial charge in [-0.25, -0.2) is 4.79 Å². The van der Waals surface area contributed by atoms with Crippen LogP contribution in [0.3, 0.4) is 0 Å². The molecule has 0 radical (unpaired) electrons. The number of benzene rings is 1. The summed E-state index contributed by atoms with van der Waals surface area (Å²) in [6, 6.07) is 7.11. The molecule has 0 fully saturated rings. The third-order valence-electron chi connectivity index (χ3n) is 1.64. The largest absolute Gasteiger partial charge is 0.492 e. The van der Waals surface area contributed by atoms with Crippen LogP contribution in [0.2, 0.25) is 0 Å². The van der Waals surface area contributed by atoms with E-state index >= 15 is 0 Å². The summed E-state index contributed by atoms with van der Waals surface area (Å²) in [6.07, 6.45) is 2.61. The Labute approximate surface area is 92.9 Å². The lowest BCUT2D eigenvalue weighted by Gasteiger charge is -2.03. The van der Waals surface area contributed by atoms with Crippen molar-refractivity contribution < 1.29 is 14.6 Å². The Kier molecular flexibility index (Phi) is 4.71. The normalized spacial score (nSPS) is 10.5. The molecule has 1 N–H and O–H groups in total. The summed E-state index contributed by atoms with van der Waals surface area (Å²) in [5.41, 5.74) is 0.815. The molecule has 80 valence electrons. The van der Waals surface area contributed by atoms with Crippen molar-refractivity contribution in [2.75, 3.05) is 12.5 Å². The summed E-state index contributed by atoms with van der Waals surface area (Å²) in [5.74, 6) is 0.210. The SMILES string of the molecule is O=C(O)/C=C/c1ccc(OCCCl)cc1. The van der Waals surface area contributed by atoms with E-state index in [1.807, 2.05) is 0 Å². The maximum absolute atomic E-state index is 10.3. The molecule has 0 saturated heterocycles. The molecule has 0 spiro atoms. The van der Waals surface area contributed by atoms with Gasteiger partial charge in [0.1, 0.15) is 12.4 Å². The number of rotatable bonds is 5. The summed E-state index contributed by atoms with van der Waals surface area (Å²) < 4.78 is 5.26. The van der Waals surface area contributed by atoms with E-state index in [2.05, 4.69) is 0 Å². The van der Waals surface area contributed by atoms with Gasteiger partial charge in [0.15, 0.2) is 0 Å². The van der Waals surface area contributed by atoms with Crippen LogP contribution in [-0.4, -0.2) is 23.6 Å². The average Bonchev–Trinajstić information content (AvgIpc) is 2.25. The smallest absolute Gasteiger partial charge is 0.328 e. The van der Waals surface area contributed by atoms with Gasteiger partial charge in [-0.05, 0) is 23.8 Å². The van der Waals surface area contributed by atoms with Crippen molar-refractivity contribution in [3.63, 3.8) is 0 Å². The number of alkyl halides is 1. The van der Waals surface area contributed by atoms with E-state index in [0.29, 0.717) is 12.5 Å². The quantitative estimate of drug-likeness (QED) is 0.620. The molecular weight excluding hydrogens is 216 g/mol. The van der Waals surface area contributed by atoms with Gasteiger partial charge in [0.25, 0.3) is 0 Å². The molecule has 4 heteroatoms. The van der Waals surface area contributed by atoms with Gasteiger partial charge < -0.3 is 9.84 Å². The number of hydrogen-bond acceptors (Lipinski definition) is 2. The number of hydrogen-bond donors (Lipinski definition) is 1. The van der Waals surface area contributed by atoms with E-state index in [1.54, 1.807) is 24.3 Å². The van der Waals surface area contributed by atoms with E-state index in [1.165, 1.54) is 6.08 Å². The lowest BCUT2D eigenvalue weighted by Crippen LogP contribution is -1.97. The maximum atomic E-state index is 10.3. The minimum atomic E-state index is -0.961. The van der Waals surface area contributed by atoms with Crippen LogP contribution in [0.5, 0.6) is 5.75 Å². The topological polar surface area (TPSA) is 46.5 Å². The summed E-state index contributed by atoms with van der Waals surface area (Å²) in [7, 11) is 0. The molecule has 0 aromatic heterocycles. The van der Waals surface area contributed by atoms with E-state index in [0.717, 1.165) is 17.4 Å². The maximum Gasteiger partial charge on any atom is 0.328 e. The number of aliphatic carboxylic acids is 1. The molecule has 1 rings (SSSR count).